The number of hydrogen-bond acceptors (Lipinski definition) is 6. The third kappa shape index (κ3) is 8.70. The van der Waals surface area contributed by atoms with Crippen LogP contribution in [0.3, 0.4) is 0 Å². The van der Waals surface area contributed by atoms with E-state index in [0.29, 0.717) is 12.0 Å². The van der Waals surface area contributed by atoms with E-state index in [0.717, 1.165) is 5.56 Å². The van der Waals surface area contributed by atoms with Gasteiger partial charge in [0.05, 0.1) is 6.54 Å². The van der Waals surface area contributed by atoms with Crippen molar-refractivity contribution >= 4 is 23.7 Å². The van der Waals surface area contributed by atoms with Gasteiger partial charge in [-0.15, -0.1) is 0 Å². The lowest BCUT2D eigenvalue weighted by atomic mass is 9.97. The van der Waals surface area contributed by atoms with Gasteiger partial charge in [-0.1, -0.05) is 62.7 Å². The van der Waals surface area contributed by atoms with Crippen LogP contribution < -0.4 is 21.7 Å². The van der Waals surface area contributed by atoms with Crippen LogP contribution in [0.1, 0.15) is 31.4 Å². The summed E-state index contributed by atoms with van der Waals surface area (Å²) in [5, 5.41) is 27.1. The molecule has 0 aliphatic carbocycles. The Bertz CT molecular complexity index is 1030. The molecule has 0 bridgehead atoms. The summed E-state index contributed by atoms with van der Waals surface area (Å²) in [4.78, 5) is 50.2. The molecule has 10 nitrogen and oxygen atoms in total. The van der Waals surface area contributed by atoms with Crippen LogP contribution in [0, 0.1) is 5.92 Å². The lowest BCUT2D eigenvalue weighted by Gasteiger charge is -2.27. The minimum absolute atomic E-state index is 0.0353. The van der Waals surface area contributed by atoms with Crippen molar-refractivity contribution in [3.63, 3.8) is 0 Å². The molecule has 194 valence electrons. The van der Waals surface area contributed by atoms with Crippen LogP contribution in [-0.4, -0.2) is 58.6 Å². The number of nitrogens with two attached hydrogens (primary N) is 1. The number of phenolic OH excluding ortho intramolecular Hbond substituents is 1. The normalized spacial score (nSPS) is 14.1. The number of carbonyl (C=O) groups is 4. The lowest BCUT2D eigenvalue weighted by Crippen LogP contribution is -2.58. The van der Waals surface area contributed by atoms with Gasteiger partial charge in [0.1, 0.15) is 23.9 Å². The van der Waals surface area contributed by atoms with Gasteiger partial charge in [0.25, 0.3) is 0 Å². The number of amides is 3. The van der Waals surface area contributed by atoms with Crippen molar-refractivity contribution in [2.75, 3.05) is 6.54 Å². The minimum atomic E-state index is -1.22. The molecule has 0 fully saturated rings. The first-order chi connectivity index (χ1) is 17.1. The highest BCUT2D eigenvalue weighted by Gasteiger charge is 2.31. The maximum absolute atomic E-state index is 13.2. The molecule has 3 amide bonds. The fraction of sp³-hybridized carbons (Fsp3) is 0.385. The summed E-state index contributed by atoms with van der Waals surface area (Å²) in [6, 6.07) is 11.7. The third-order valence-corrected chi connectivity index (χ3v) is 5.90. The molecule has 4 unspecified atom stereocenters. The van der Waals surface area contributed by atoms with E-state index in [4.69, 9.17) is 5.73 Å². The molecule has 2 rings (SSSR count). The zero-order valence-corrected chi connectivity index (χ0v) is 20.4. The second kappa shape index (κ2) is 13.8. The summed E-state index contributed by atoms with van der Waals surface area (Å²) >= 11 is 0. The first-order valence-electron chi connectivity index (χ1n) is 11.8. The largest absolute Gasteiger partial charge is 0.508 e. The summed E-state index contributed by atoms with van der Waals surface area (Å²) < 4.78 is 0. The molecule has 0 saturated carbocycles. The molecular weight excluding hydrogens is 464 g/mol. The number of nitrogens with one attached hydrogen (secondary N) is 3. The fourth-order valence-electron chi connectivity index (χ4n) is 3.59. The molecule has 4 atom stereocenters. The lowest BCUT2D eigenvalue weighted by molar-refractivity contribution is -0.142. The van der Waals surface area contributed by atoms with Crippen molar-refractivity contribution in [1.29, 1.82) is 0 Å². The first kappa shape index (κ1) is 28.3. The van der Waals surface area contributed by atoms with Gasteiger partial charge in [0.15, 0.2) is 0 Å². The number of carboxylic acid groups (broad SMARTS) is 1. The Kier molecular flexibility index (Phi) is 10.9. The molecule has 10 heteroatoms. The molecular formula is C26H34N4O6. The quantitative estimate of drug-likeness (QED) is 0.236. The number of carbonyl (C=O) groups excluding carboxylic acids is 3. The predicted molar refractivity (Wildman–Crippen MR) is 134 cm³/mol. The van der Waals surface area contributed by atoms with Gasteiger partial charge >= 0.3 is 5.97 Å². The van der Waals surface area contributed by atoms with Gasteiger partial charge in [0.2, 0.25) is 17.7 Å². The number of hydrogen-bond donors (Lipinski definition) is 6. The molecule has 0 radical (unpaired) electrons. The monoisotopic (exact) mass is 498 g/mol. The maximum atomic E-state index is 13.2. The van der Waals surface area contributed by atoms with Crippen LogP contribution in [0.5, 0.6) is 5.75 Å². The van der Waals surface area contributed by atoms with Crippen molar-refractivity contribution in [1.82, 2.24) is 16.0 Å². The smallest absolute Gasteiger partial charge is 0.326 e. The summed E-state index contributed by atoms with van der Waals surface area (Å²) in [6.45, 7) is 3.36. The van der Waals surface area contributed by atoms with E-state index in [1.165, 1.54) is 12.1 Å². The van der Waals surface area contributed by atoms with Crippen LogP contribution in [0.25, 0.3) is 0 Å². The molecule has 0 saturated heterocycles. The Balaban J connectivity index is 2.27. The minimum Gasteiger partial charge on any atom is -0.508 e. The molecule has 36 heavy (non-hydrogen) atoms. The zero-order chi connectivity index (χ0) is 26.7. The van der Waals surface area contributed by atoms with E-state index in [1.807, 2.05) is 6.92 Å². The molecule has 0 spiro atoms. The first-order valence-corrected chi connectivity index (χ1v) is 11.8. The van der Waals surface area contributed by atoms with Crippen molar-refractivity contribution < 1.29 is 29.4 Å². The highest BCUT2D eigenvalue weighted by atomic mass is 16.4. The third-order valence-electron chi connectivity index (χ3n) is 5.90. The maximum Gasteiger partial charge on any atom is 0.326 e. The van der Waals surface area contributed by atoms with Gasteiger partial charge in [-0.2, -0.15) is 0 Å². The molecule has 2 aromatic carbocycles. The van der Waals surface area contributed by atoms with Crippen molar-refractivity contribution in [2.24, 2.45) is 11.7 Å². The van der Waals surface area contributed by atoms with Crippen LogP contribution in [0.4, 0.5) is 0 Å². The van der Waals surface area contributed by atoms with Gasteiger partial charge < -0.3 is 31.9 Å². The summed E-state index contributed by atoms with van der Waals surface area (Å²) in [7, 11) is 0. The second-order valence-corrected chi connectivity index (χ2v) is 8.66. The SMILES string of the molecule is CCC(C)C(NC(=O)CN)C(=O)NC(Cc1ccc(O)cc1)C(=O)NC(Cc1ccccc1)C(=O)O. The Morgan fingerprint density at radius 2 is 1.39 bits per heavy atom. The second-order valence-electron chi connectivity index (χ2n) is 8.66. The Hall–Kier alpha value is -3.92. The van der Waals surface area contributed by atoms with E-state index in [2.05, 4.69) is 16.0 Å². The topological polar surface area (TPSA) is 171 Å². The number of carboxylic acids is 1. The Morgan fingerprint density at radius 3 is 1.94 bits per heavy atom. The number of aromatic hydroxyl groups is 1. The number of aliphatic carboxylic acids is 1. The molecule has 0 aliphatic heterocycles. The number of rotatable bonds is 13. The van der Waals surface area contributed by atoms with Gasteiger partial charge in [-0.3, -0.25) is 14.4 Å². The van der Waals surface area contributed by atoms with Crippen LogP contribution in [-0.2, 0) is 32.0 Å². The van der Waals surface area contributed by atoms with Gasteiger partial charge in [0, 0.05) is 12.8 Å². The van der Waals surface area contributed by atoms with E-state index < -0.39 is 41.8 Å². The molecule has 0 aliphatic rings. The van der Waals surface area contributed by atoms with E-state index >= 15 is 0 Å². The van der Waals surface area contributed by atoms with Crippen molar-refractivity contribution in [3.8, 4) is 5.75 Å². The highest BCUT2D eigenvalue weighted by molar-refractivity contribution is 5.94. The summed E-state index contributed by atoms with van der Waals surface area (Å²) in [6.07, 6.45) is 0.674. The zero-order valence-electron chi connectivity index (χ0n) is 20.4. The molecule has 0 aromatic heterocycles. The molecule has 2 aromatic rings. The van der Waals surface area contributed by atoms with E-state index in [9.17, 15) is 29.4 Å². The Labute approximate surface area is 210 Å². The van der Waals surface area contributed by atoms with Crippen molar-refractivity contribution in [3.05, 3.63) is 65.7 Å². The van der Waals surface area contributed by atoms with Gasteiger partial charge in [-0.05, 0) is 29.2 Å². The standard InChI is InChI=1S/C26H34N4O6/c1-3-16(2)23(30-22(32)15-27)25(34)28-20(13-18-9-11-19(31)12-10-18)24(33)29-21(26(35)36)14-17-7-5-4-6-8-17/h4-12,16,20-21,23,31H,3,13-15,27H2,1-2H3,(H,28,34)(H,29,33)(H,30,32)(H,35,36). The average molecular weight is 499 g/mol. The van der Waals surface area contributed by atoms with Crippen molar-refractivity contribution in [2.45, 2.75) is 51.2 Å². The average Bonchev–Trinajstić information content (AvgIpc) is 2.87. The summed E-state index contributed by atoms with van der Waals surface area (Å²) in [5.74, 6) is -3.20. The molecule has 7 N–H and O–H groups in total. The molecule has 0 heterocycles. The van der Waals surface area contributed by atoms with E-state index in [-0.39, 0.29) is 31.1 Å². The van der Waals surface area contributed by atoms with Crippen LogP contribution >= 0.6 is 0 Å². The van der Waals surface area contributed by atoms with Crippen LogP contribution in [0.2, 0.25) is 0 Å². The predicted octanol–water partition coefficient (Wildman–Crippen LogP) is 0.721. The van der Waals surface area contributed by atoms with Crippen LogP contribution in [0.15, 0.2) is 54.6 Å². The number of phenols is 1. The van der Waals surface area contributed by atoms with E-state index in [1.54, 1.807) is 49.4 Å². The Morgan fingerprint density at radius 1 is 0.833 bits per heavy atom. The summed E-state index contributed by atoms with van der Waals surface area (Å²) in [5.41, 5.74) is 6.75. The number of benzene rings is 2. The highest BCUT2D eigenvalue weighted by Crippen LogP contribution is 2.13. The fourth-order valence-corrected chi connectivity index (χ4v) is 3.59. The van der Waals surface area contributed by atoms with Gasteiger partial charge in [-0.25, -0.2) is 4.79 Å².